The number of aryl methyl sites for hydroxylation is 1. The van der Waals surface area contributed by atoms with Crippen molar-refractivity contribution in [3.8, 4) is 0 Å². The molecule has 3 N–H and O–H groups in total. The van der Waals surface area contributed by atoms with Crippen LogP contribution in [0.1, 0.15) is 11.6 Å². The Bertz CT molecular complexity index is 576. The quantitative estimate of drug-likeness (QED) is 0.823. The van der Waals surface area contributed by atoms with Crippen LogP contribution in [0.15, 0.2) is 24.5 Å². The molecule has 0 saturated carbocycles. The monoisotopic (exact) mass is 259 g/mol. The second-order valence-electron chi connectivity index (χ2n) is 5.38. The SMILES string of the molecule is CN1CCNCC1C(N)c1ccc2c(c1)ncn2C. The third-order valence-corrected chi connectivity index (χ3v) is 4.11. The lowest BCUT2D eigenvalue weighted by Gasteiger charge is -2.37. The summed E-state index contributed by atoms with van der Waals surface area (Å²) in [5, 5.41) is 3.42. The molecule has 0 amide bonds. The molecule has 2 unspecified atom stereocenters. The Kier molecular flexibility index (Phi) is 3.26. The summed E-state index contributed by atoms with van der Waals surface area (Å²) in [7, 11) is 4.15. The summed E-state index contributed by atoms with van der Waals surface area (Å²) in [5.74, 6) is 0. The largest absolute Gasteiger partial charge is 0.334 e. The first-order valence-electron chi connectivity index (χ1n) is 6.74. The number of nitrogens with zero attached hydrogens (tertiary/aromatic N) is 3. The second kappa shape index (κ2) is 4.92. The zero-order valence-electron chi connectivity index (χ0n) is 11.5. The molecule has 5 nitrogen and oxygen atoms in total. The standard InChI is InChI=1S/C14H21N5/c1-18-6-5-16-8-13(18)14(15)10-3-4-12-11(7-10)17-9-19(12)2/h3-4,7,9,13-14,16H,5-6,8,15H2,1-2H3. The normalized spacial score (nSPS) is 22.8. The van der Waals surface area contributed by atoms with E-state index in [1.54, 1.807) is 0 Å². The van der Waals surface area contributed by atoms with Gasteiger partial charge in [-0.2, -0.15) is 0 Å². The Hall–Kier alpha value is -1.43. The molecule has 0 aliphatic carbocycles. The van der Waals surface area contributed by atoms with Crippen LogP contribution in [0, 0.1) is 0 Å². The molecule has 0 radical (unpaired) electrons. The summed E-state index contributed by atoms with van der Waals surface area (Å²) in [6.07, 6.45) is 1.84. The maximum Gasteiger partial charge on any atom is 0.0955 e. The minimum atomic E-state index is 0.0178. The van der Waals surface area contributed by atoms with Crippen LogP contribution in [-0.2, 0) is 7.05 Å². The number of nitrogens with one attached hydrogen (secondary N) is 1. The number of piperazine rings is 1. The molecule has 102 valence electrons. The minimum Gasteiger partial charge on any atom is -0.334 e. The highest BCUT2D eigenvalue weighted by molar-refractivity contribution is 5.76. The molecular weight excluding hydrogens is 238 g/mol. The van der Waals surface area contributed by atoms with Crippen LogP contribution < -0.4 is 11.1 Å². The van der Waals surface area contributed by atoms with Crippen molar-refractivity contribution in [3.63, 3.8) is 0 Å². The molecule has 1 aliphatic heterocycles. The number of imidazole rings is 1. The number of rotatable bonds is 2. The summed E-state index contributed by atoms with van der Waals surface area (Å²) in [6, 6.07) is 6.70. The molecule has 1 saturated heterocycles. The number of likely N-dealkylation sites (N-methyl/N-ethyl adjacent to an activating group) is 1. The smallest absolute Gasteiger partial charge is 0.0955 e. The van der Waals surface area contributed by atoms with Crippen molar-refractivity contribution in [1.29, 1.82) is 0 Å². The lowest BCUT2D eigenvalue weighted by Crippen LogP contribution is -2.53. The zero-order chi connectivity index (χ0) is 13.4. The predicted octanol–water partition coefficient (Wildman–Crippen LogP) is 0.477. The fourth-order valence-corrected chi connectivity index (χ4v) is 2.81. The van der Waals surface area contributed by atoms with Gasteiger partial charge in [0.1, 0.15) is 0 Å². The first-order chi connectivity index (χ1) is 9.16. The number of hydrogen-bond donors (Lipinski definition) is 2. The lowest BCUT2D eigenvalue weighted by atomic mass is 9.97. The van der Waals surface area contributed by atoms with Gasteiger partial charge in [-0.25, -0.2) is 4.98 Å². The summed E-state index contributed by atoms with van der Waals surface area (Å²) in [5.41, 5.74) is 9.76. The van der Waals surface area contributed by atoms with Gasteiger partial charge in [-0.05, 0) is 24.7 Å². The van der Waals surface area contributed by atoms with Gasteiger partial charge in [0, 0.05) is 38.8 Å². The van der Waals surface area contributed by atoms with E-state index in [0.29, 0.717) is 6.04 Å². The Labute approximate surface area is 113 Å². The third-order valence-electron chi connectivity index (χ3n) is 4.11. The van der Waals surface area contributed by atoms with Crippen molar-refractivity contribution in [2.45, 2.75) is 12.1 Å². The molecule has 3 rings (SSSR count). The molecule has 2 aromatic rings. The van der Waals surface area contributed by atoms with Crippen molar-refractivity contribution in [2.75, 3.05) is 26.7 Å². The van der Waals surface area contributed by atoms with E-state index >= 15 is 0 Å². The summed E-state index contributed by atoms with van der Waals surface area (Å²) >= 11 is 0. The highest BCUT2D eigenvalue weighted by Crippen LogP contribution is 2.22. The van der Waals surface area contributed by atoms with Crippen LogP contribution in [0.2, 0.25) is 0 Å². The van der Waals surface area contributed by atoms with Crippen LogP contribution in [0.5, 0.6) is 0 Å². The molecule has 2 heterocycles. The Morgan fingerprint density at radius 3 is 3.05 bits per heavy atom. The van der Waals surface area contributed by atoms with Gasteiger partial charge in [-0.1, -0.05) is 6.07 Å². The zero-order valence-corrected chi connectivity index (χ0v) is 11.5. The van der Waals surface area contributed by atoms with E-state index in [-0.39, 0.29) is 6.04 Å². The topological polar surface area (TPSA) is 59.1 Å². The van der Waals surface area contributed by atoms with E-state index in [1.807, 2.05) is 17.9 Å². The van der Waals surface area contributed by atoms with Crippen molar-refractivity contribution in [3.05, 3.63) is 30.1 Å². The molecule has 1 aromatic heterocycles. The van der Waals surface area contributed by atoms with Gasteiger partial charge in [0.05, 0.1) is 17.4 Å². The second-order valence-corrected chi connectivity index (χ2v) is 5.38. The van der Waals surface area contributed by atoms with E-state index in [0.717, 1.165) is 36.2 Å². The van der Waals surface area contributed by atoms with E-state index in [4.69, 9.17) is 5.73 Å². The van der Waals surface area contributed by atoms with Gasteiger partial charge in [-0.3, -0.25) is 4.90 Å². The van der Waals surface area contributed by atoms with E-state index in [2.05, 4.69) is 40.4 Å². The molecule has 0 bridgehead atoms. The van der Waals surface area contributed by atoms with Crippen molar-refractivity contribution < 1.29 is 0 Å². The molecule has 0 spiro atoms. The fraction of sp³-hybridized carbons (Fsp3) is 0.500. The van der Waals surface area contributed by atoms with Gasteiger partial charge in [0.15, 0.2) is 0 Å². The Morgan fingerprint density at radius 1 is 1.42 bits per heavy atom. The van der Waals surface area contributed by atoms with Crippen LogP contribution in [0.4, 0.5) is 0 Å². The number of benzene rings is 1. The number of aromatic nitrogens is 2. The highest BCUT2D eigenvalue weighted by Gasteiger charge is 2.26. The molecule has 2 atom stereocenters. The maximum absolute atomic E-state index is 6.44. The summed E-state index contributed by atoms with van der Waals surface area (Å²) < 4.78 is 2.03. The Balaban J connectivity index is 1.90. The molecule has 1 fully saturated rings. The van der Waals surface area contributed by atoms with Gasteiger partial charge in [0.2, 0.25) is 0 Å². The fourth-order valence-electron chi connectivity index (χ4n) is 2.81. The molecular formula is C14H21N5. The maximum atomic E-state index is 6.44. The molecule has 1 aliphatic rings. The summed E-state index contributed by atoms with van der Waals surface area (Å²) in [4.78, 5) is 6.74. The van der Waals surface area contributed by atoms with Gasteiger partial charge in [0.25, 0.3) is 0 Å². The third kappa shape index (κ3) is 2.25. The van der Waals surface area contributed by atoms with Crippen molar-refractivity contribution in [1.82, 2.24) is 19.8 Å². The minimum absolute atomic E-state index is 0.0178. The average molecular weight is 259 g/mol. The van der Waals surface area contributed by atoms with E-state index < -0.39 is 0 Å². The van der Waals surface area contributed by atoms with Crippen LogP contribution >= 0.6 is 0 Å². The average Bonchev–Trinajstić information content (AvgIpc) is 2.80. The summed E-state index contributed by atoms with van der Waals surface area (Å²) in [6.45, 7) is 3.03. The van der Waals surface area contributed by atoms with Gasteiger partial charge >= 0.3 is 0 Å². The van der Waals surface area contributed by atoms with Crippen molar-refractivity contribution >= 4 is 11.0 Å². The number of nitrogens with two attached hydrogens (primary N) is 1. The lowest BCUT2D eigenvalue weighted by molar-refractivity contribution is 0.174. The number of fused-ring (bicyclic) bond motifs is 1. The number of hydrogen-bond acceptors (Lipinski definition) is 4. The molecule has 19 heavy (non-hydrogen) atoms. The van der Waals surface area contributed by atoms with Crippen LogP contribution in [-0.4, -0.2) is 47.2 Å². The first kappa shape index (κ1) is 12.6. The van der Waals surface area contributed by atoms with E-state index in [9.17, 15) is 0 Å². The highest BCUT2D eigenvalue weighted by atomic mass is 15.2. The first-order valence-corrected chi connectivity index (χ1v) is 6.74. The van der Waals surface area contributed by atoms with Gasteiger partial charge in [-0.15, -0.1) is 0 Å². The van der Waals surface area contributed by atoms with Crippen LogP contribution in [0.25, 0.3) is 11.0 Å². The van der Waals surface area contributed by atoms with Crippen LogP contribution in [0.3, 0.4) is 0 Å². The molecule has 1 aromatic carbocycles. The van der Waals surface area contributed by atoms with Crippen molar-refractivity contribution in [2.24, 2.45) is 12.8 Å². The Morgan fingerprint density at radius 2 is 2.26 bits per heavy atom. The predicted molar refractivity (Wildman–Crippen MR) is 76.9 cm³/mol. The van der Waals surface area contributed by atoms with Gasteiger partial charge < -0.3 is 15.6 Å². The van der Waals surface area contributed by atoms with E-state index in [1.165, 1.54) is 0 Å². The molecule has 5 heteroatoms.